The van der Waals surface area contributed by atoms with Crippen LogP contribution in [0.1, 0.15) is 18.2 Å². The number of carbonyl (C=O) groups is 1. The zero-order chi connectivity index (χ0) is 16.9. The van der Waals surface area contributed by atoms with Crippen molar-refractivity contribution in [3.8, 4) is 11.5 Å². The van der Waals surface area contributed by atoms with Gasteiger partial charge < -0.3 is 14.2 Å². The van der Waals surface area contributed by atoms with E-state index < -0.39 is 0 Å². The van der Waals surface area contributed by atoms with Crippen LogP contribution in [-0.4, -0.2) is 21.4 Å². The van der Waals surface area contributed by atoms with E-state index in [1.165, 1.54) is 11.8 Å². The standard InChI is InChI=1S/C17H17N3O3S/c1-11-5-7-13(8-6-11)16-19-20-17(23-16)24-12(2)15(21)18-10-14-4-3-9-22-14/h3-9,12H,10H2,1-2H3,(H,18,21)/t12-/m0/s1. The van der Waals surface area contributed by atoms with Gasteiger partial charge in [-0.25, -0.2) is 0 Å². The van der Waals surface area contributed by atoms with Gasteiger partial charge in [0, 0.05) is 5.56 Å². The Labute approximate surface area is 143 Å². The fraction of sp³-hybridized carbons (Fsp3) is 0.235. The SMILES string of the molecule is Cc1ccc(-c2nnc(S[C@@H](C)C(=O)NCc3ccco3)o2)cc1. The topological polar surface area (TPSA) is 81.2 Å². The smallest absolute Gasteiger partial charge is 0.277 e. The van der Waals surface area contributed by atoms with Crippen molar-refractivity contribution in [1.82, 2.24) is 15.5 Å². The molecule has 1 N–H and O–H groups in total. The summed E-state index contributed by atoms with van der Waals surface area (Å²) in [5, 5.41) is 10.8. The molecule has 7 heteroatoms. The molecule has 0 saturated heterocycles. The van der Waals surface area contributed by atoms with Gasteiger partial charge in [-0.05, 0) is 38.1 Å². The Morgan fingerprint density at radius 2 is 2.04 bits per heavy atom. The van der Waals surface area contributed by atoms with Gasteiger partial charge in [0.15, 0.2) is 0 Å². The van der Waals surface area contributed by atoms with Gasteiger partial charge in [0.25, 0.3) is 5.22 Å². The molecule has 0 bridgehead atoms. The van der Waals surface area contributed by atoms with Gasteiger partial charge in [0.05, 0.1) is 18.1 Å². The maximum absolute atomic E-state index is 12.1. The highest BCUT2D eigenvalue weighted by atomic mass is 32.2. The third-order valence-corrected chi connectivity index (χ3v) is 4.30. The van der Waals surface area contributed by atoms with Crippen LogP contribution in [0.25, 0.3) is 11.5 Å². The van der Waals surface area contributed by atoms with Crippen LogP contribution in [0.2, 0.25) is 0 Å². The summed E-state index contributed by atoms with van der Waals surface area (Å²) < 4.78 is 10.8. The summed E-state index contributed by atoms with van der Waals surface area (Å²) in [6.07, 6.45) is 1.57. The highest BCUT2D eigenvalue weighted by molar-refractivity contribution is 8.00. The predicted octanol–water partition coefficient (Wildman–Crippen LogP) is 3.44. The summed E-state index contributed by atoms with van der Waals surface area (Å²) in [6.45, 7) is 4.16. The summed E-state index contributed by atoms with van der Waals surface area (Å²) in [4.78, 5) is 12.1. The van der Waals surface area contributed by atoms with Gasteiger partial charge in [-0.15, -0.1) is 10.2 Å². The van der Waals surface area contributed by atoms with Crippen molar-refractivity contribution in [1.29, 1.82) is 0 Å². The highest BCUT2D eigenvalue weighted by Crippen LogP contribution is 2.26. The Balaban J connectivity index is 1.57. The molecule has 124 valence electrons. The number of hydrogen-bond donors (Lipinski definition) is 1. The number of aryl methyl sites for hydroxylation is 1. The third kappa shape index (κ3) is 4.05. The van der Waals surface area contributed by atoms with Crippen molar-refractivity contribution in [3.63, 3.8) is 0 Å². The minimum Gasteiger partial charge on any atom is -0.467 e. The summed E-state index contributed by atoms with van der Waals surface area (Å²) >= 11 is 1.22. The van der Waals surface area contributed by atoms with E-state index in [1.54, 1.807) is 19.3 Å². The predicted molar refractivity (Wildman–Crippen MR) is 90.3 cm³/mol. The zero-order valence-electron chi connectivity index (χ0n) is 13.4. The lowest BCUT2D eigenvalue weighted by Crippen LogP contribution is -2.30. The third-order valence-electron chi connectivity index (χ3n) is 3.37. The molecule has 0 radical (unpaired) electrons. The van der Waals surface area contributed by atoms with Gasteiger partial charge in [0.1, 0.15) is 5.76 Å². The molecule has 3 aromatic rings. The lowest BCUT2D eigenvalue weighted by molar-refractivity contribution is -0.120. The first-order valence-electron chi connectivity index (χ1n) is 7.49. The average Bonchev–Trinajstić information content (AvgIpc) is 3.25. The first-order valence-corrected chi connectivity index (χ1v) is 8.37. The van der Waals surface area contributed by atoms with Gasteiger partial charge in [0.2, 0.25) is 11.8 Å². The molecular weight excluding hydrogens is 326 g/mol. The number of nitrogens with one attached hydrogen (secondary N) is 1. The molecule has 0 unspecified atom stereocenters. The first kappa shape index (κ1) is 16.3. The molecule has 3 rings (SSSR count). The zero-order valence-corrected chi connectivity index (χ0v) is 14.2. The van der Waals surface area contributed by atoms with Crippen molar-refractivity contribution in [2.75, 3.05) is 0 Å². The lowest BCUT2D eigenvalue weighted by atomic mass is 10.1. The largest absolute Gasteiger partial charge is 0.467 e. The number of nitrogens with zero attached hydrogens (tertiary/aromatic N) is 2. The number of thioether (sulfide) groups is 1. The molecule has 0 spiro atoms. The van der Waals surface area contributed by atoms with Crippen LogP contribution in [-0.2, 0) is 11.3 Å². The Morgan fingerprint density at radius 3 is 2.75 bits per heavy atom. The maximum atomic E-state index is 12.1. The molecule has 0 aliphatic carbocycles. The lowest BCUT2D eigenvalue weighted by Gasteiger charge is -2.08. The Bertz CT molecular complexity index is 797. The van der Waals surface area contributed by atoms with Crippen LogP contribution < -0.4 is 5.32 Å². The van der Waals surface area contributed by atoms with Gasteiger partial charge in [-0.2, -0.15) is 0 Å². The Morgan fingerprint density at radius 1 is 1.25 bits per heavy atom. The van der Waals surface area contributed by atoms with Gasteiger partial charge in [-0.1, -0.05) is 29.5 Å². The van der Waals surface area contributed by atoms with E-state index in [0.717, 1.165) is 11.1 Å². The van der Waals surface area contributed by atoms with Crippen molar-refractivity contribution >= 4 is 17.7 Å². The van der Waals surface area contributed by atoms with Crippen LogP contribution in [0, 0.1) is 6.92 Å². The first-order chi connectivity index (χ1) is 11.6. The number of furan rings is 1. The molecule has 24 heavy (non-hydrogen) atoms. The molecular formula is C17H17N3O3S. The minimum atomic E-state index is -0.355. The van der Waals surface area contributed by atoms with Gasteiger partial charge in [-0.3, -0.25) is 4.79 Å². The van der Waals surface area contributed by atoms with Crippen molar-refractivity contribution in [3.05, 3.63) is 54.0 Å². The summed E-state index contributed by atoms with van der Waals surface area (Å²) in [5.74, 6) is 1.03. The van der Waals surface area contributed by atoms with Gasteiger partial charge >= 0.3 is 0 Å². The Hall–Kier alpha value is -2.54. The van der Waals surface area contributed by atoms with Crippen molar-refractivity contribution in [2.45, 2.75) is 30.9 Å². The molecule has 1 atom stereocenters. The quantitative estimate of drug-likeness (QED) is 0.691. The summed E-state index contributed by atoms with van der Waals surface area (Å²) in [6, 6.07) is 11.4. The molecule has 2 heterocycles. The molecule has 1 amide bonds. The molecule has 6 nitrogen and oxygen atoms in total. The highest BCUT2D eigenvalue weighted by Gasteiger charge is 2.18. The van der Waals surface area contributed by atoms with E-state index in [4.69, 9.17) is 8.83 Å². The molecule has 0 aliphatic rings. The second kappa shape index (κ2) is 7.35. The van der Waals surface area contributed by atoms with E-state index in [0.29, 0.717) is 23.4 Å². The molecule has 0 saturated carbocycles. The van der Waals surface area contributed by atoms with E-state index in [2.05, 4.69) is 15.5 Å². The minimum absolute atomic E-state index is 0.119. The summed E-state index contributed by atoms with van der Waals surface area (Å²) in [7, 11) is 0. The number of aromatic nitrogens is 2. The van der Waals surface area contributed by atoms with Crippen molar-refractivity contribution < 1.29 is 13.6 Å². The molecule has 1 aromatic carbocycles. The number of hydrogen-bond acceptors (Lipinski definition) is 6. The fourth-order valence-corrected chi connectivity index (χ4v) is 2.71. The van der Waals surface area contributed by atoms with Crippen LogP contribution in [0.15, 0.2) is 56.7 Å². The second-order valence-electron chi connectivity index (χ2n) is 5.30. The number of benzene rings is 1. The van der Waals surface area contributed by atoms with Crippen LogP contribution in [0.3, 0.4) is 0 Å². The average molecular weight is 343 g/mol. The van der Waals surface area contributed by atoms with Crippen LogP contribution >= 0.6 is 11.8 Å². The van der Waals surface area contributed by atoms with E-state index in [9.17, 15) is 4.79 Å². The maximum Gasteiger partial charge on any atom is 0.277 e. The molecule has 0 fully saturated rings. The van der Waals surface area contributed by atoms with E-state index >= 15 is 0 Å². The number of amides is 1. The monoisotopic (exact) mass is 343 g/mol. The van der Waals surface area contributed by atoms with Crippen molar-refractivity contribution in [2.24, 2.45) is 0 Å². The Kier molecular flexibility index (Phi) is 5.00. The second-order valence-corrected chi connectivity index (χ2v) is 6.59. The van der Waals surface area contributed by atoms with Crippen LogP contribution in [0.5, 0.6) is 0 Å². The normalized spacial score (nSPS) is 12.1. The number of rotatable bonds is 6. The molecule has 0 aliphatic heterocycles. The van der Waals surface area contributed by atoms with E-state index in [-0.39, 0.29) is 11.2 Å². The van der Waals surface area contributed by atoms with Crippen LogP contribution in [0.4, 0.5) is 0 Å². The number of carbonyl (C=O) groups excluding carboxylic acids is 1. The fourth-order valence-electron chi connectivity index (χ4n) is 2.01. The molecule has 2 aromatic heterocycles. The van der Waals surface area contributed by atoms with E-state index in [1.807, 2.05) is 37.3 Å². The summed E-state index contributed by atoms with van der Waals surface area (Å²) in [5.41, 5.74) is 2.02.